The van der Waals surface area contributed by atoms with Crippen LogP contribution in [-0.4, -0.2) is 85.8 Å². The minimum Gasteiger partial charge on any atom is -0.453 e. The second-order valence-electron chi connectivity index (χ2n) is 10.1. The van der Waals surface area contributed by atoms with Gasteiger partial charge in [0.15, 0.2) is 0 Å². The van der Waals surface area contributed by atoms with Gasteiger partial charge in [-0.15, -0.1) is 0 Å². The molecule has 32 heavy (non-hydrogen) atoms. The number of ether oxygens (including phenoxy) is 1. The number of amides is 3. The molecule has 1 spiro atoms. The highest BCUT2D eigenvalue weighted by Crippen LogP contribution is 2.48. The maximum atomic E-state index is 14.2. The van der Waals surface area contributed by atoms with E-state index in [2.05, 4.69) is 4.90 Å². The van der Waals surface area contributed by atoms with Crippen LogP contribution in [0.15, 0.2) is 18.2 Å². The number of piperidine rings is 2. The van der Waals surface area contributed by atoms with Crippen LogP contribution < -0.4 is 4.90 Å². The Hall–Kier alpha value is -2.35. The van der Waals surface area contributed by atoms with Crippen molar-refractivity contribution < 1.29 is 18.7 Å². The number of fused-ring (bicyclic) bond motifs is 4. The highest BCUT2D eigenvalue weighted by atomic mass is 19.1. The number of nitrogens with zero attached hydrogens (tertiary/aromatic N) is 4. The summed E-state index contributed by atoms with van der Waals surface area (Å²) in [7, 11) is 4.98. The van der Waals surface area contributed by atoms with Crippen molar-refractivity contribution in [1.82, 2.24) is 14.7 Å². The molecule has 0 aromatic heterocycles. The SMILES string of the molecule is COC(=O)N1C2CCC1CC(N1CCC3(CC1)CN(C(=O)N(C)C)c1ccc(F)cc13)C2. The van der Waals surface area contributed by atoms with Gasteiger partial charge in [-0.2, -0.15) is 0 Å². The Kier molecular flexibility index (Phi) is 5.31. The Balaban J connectivity index is 1.31. The van der Waals surface area contributed by atoms with Gasteiger partial charge in [0, 0.05) is 49.9 Å². The van der Waals surface area contributed by atoms with Gasteiger partial charge in [0.25, 0.3) is 0 Å². The van der Waals surface area contributed by atoms with Gasteiger partial charge in [0.1, 0.15) is 5.82 Å². The average molecular weight is 445 g/mol. The van der Waals surface area contributed by atoms with Gasteiger partial charge in [0.05, 0.1) is 7.11 Å². The van der Waals surface area contributed by atoms with Crippen LogP contribution in [0.2, 0.25) is 0 Å². The molecule has 7 nitrogen and oxygen atoms in total. The van der Waals surface area contributed by atoms with Crippen LogP contribution in [0.1, 0.15) is 44.1 Å². The van der Waals surface area contributed by atoms with E-state index in [9.17, 15) is 14.0 Å². The predicted molar refractivity (Wildman–Crippen MR) is 119 cm³/mol. The molecule has 0 N–H and O–H groups in total. The lowest BCUT2D eigenvalue weighted by Crippen LogP contribution is -2.55. The van der Waals surface area contributed by atoms with E-state index in [1.54, 1.807) is 31.1 Å². The minimum absolute atomic E-state index is 0.0519. The van der Waals surface area contributed by atoms with Crippen LogP contribution in [-0.2, 0) is 10.2 Å². The predicted octanol–water partition coefficient (Wildman–Crippen LogP) is 3.42. The monoisotopic (exact) mass is 444 g/mol. The lowest BCUT2D eigenvalue weighted by atomic mass is 9.73. The molecule has 174 valence electrons. The normalized spacial score (nSPS) is 28.7. The van der Waals surface area contributed by atoms with Gasteiger partial charge < -0.3 is 19.4 Å². The summed E-state index contributed by atoms with van der Waals surface area (Å²) in [6, 6.07) is 5.82. The zero-order chi connectivity index (χ0) is 22.6. The molecule has 0 saturated carbocycles. The molecular weight excluding hydrogens is 411 g/mol. The first-order chi connectivity index (χ1) is 15.3. The molecule has 2 unspecified atom stereocenters. The quantitative estimate of drug-likeness (QED) is 0.666. The molecule has 3 saturated heterocycles. The van der Waals surface area contributed by atoms with E-state index < -0.39 is 0 Å². The van der Waals surface area contributed by atoms with Gasteiger partial charge in [-0.1, -0.05) is 0 Å². The highest BCUT2D eigenvalue weighted by Gasteiger charge is 2.50. The lowest BCUT2D eigenvalue weighted by molar-refractivity contribution is 0.0330. The van der Waals surface area contributed by atoms with Crippen molar-refractivity contribution in [3.8, 4) is 0 Å². The Morgan fingerprint density at radius 2 is 1.75 bits per heavy atom. The standard InChI is InChI=1S/C24H33FN4O3/c1-26(2)22(30)28-15-24(20-12-16(25)4-7-21(20)28)8-10-27(11-9-24)19-13-17-5-6-18(14-19)29(17)23(31)32-3/h4,7,12,17-19H,5-6,8-11,13-15H2,1-3H3. The first-order valence-electron chi connectivity index (χ1n) is 11.7. The molecule has 1 aromatic carbocycles. The number of carbonyl (C=O) groups is 2. The fourth-order valence-corrected chi connectivity index (χ4v) is 6.65. The second-order valence-corrected chi connectivity index (χ2v) is 10.1. The highest BCUT2D eigenvalue weighted by molar-refractivity contribution is 5.95. The number of carbonyl (C=O) groups excluding carboxylic acids is 2. The number of rotatable bonds is 1. The van der Waals surface area contributed by atoms with Crippen LogP contribution in [0, 0.1) is 5.82 Å². The number of likely N-dealkylation sites (tertiary alicyclic amines) is 1. The van der Waals surface area contributed by atoms with E-state index in [1.165, 1.54) is 13.2 Å². The largest absolute Gasteiger partial charge is 0.453 e. The van der Waals surface area contributed by atoms with E-state index in [-0.39, 0.29) is 35.4 Å². The summed E-state index contributed by atoms with van der Waals surface area (Å²) in [6.45, 7) is 2.48. The van der Waals surface area contributed by atoms with Crippen molar-refractivity contribution in [2.24, 2.45) is 0 Å². The molecule has 8 heteroatoms. The summed E-state index contributed by atoms with van der Waals surface area (Å²) in [6.07, 6.45) is 5.73. The number of benzene rings is 1. The van der Waals surface area contributed by atoms with Crippen molar-refractivity contribution in [3.05, 3.63) is 29.6 Å². The number of halogens is 1. The third-order valence-electron chi connectivity index (χ3n) is 8.26. The number of urea groups is 1. The summed E-state index contributed by atoms with van der Waals surface area (Å²) in [4.78, 5) is 32.9. The van der Waals surface area contributed by atoms with Crippen molar-refractivity contribution >= 4 is 17.8 Å². The molecule has 4 aliphatic heterocycles. The Morgan fingerprint density at radius 3 is 2.34 bits per heavy atom. The molecule has 0 radical (unpaired) electrons. The maximum absolute atomic E-state index is 14.2. The molecule has 3 amide bonds. The number of hydrogen-bond donors (Lipinski definition) is 0. The average Bonchev–Trinajstić information content (AvgIpc) is 3.23. The van der Waals surface area contributed by atoms with E-state index in [0.29, 0.717) is 12.6 Å². The van der Waals surface area contributed by atoms with E-state index in [1.807, 2.05) is 9.80 Å². The molecule has 2 atom stereocenters. The molecule has 0 aliphatic carbocycles. The van der Waals surface area contributed by atoms with Crippen LogP contribution in [0.4, 0.5) is 19.7 Å². The molecule has 2 bridgehead atoms. The third-order valence-corrected chi connectivity index (χ3v) is 8.26. The summed E-state index contributed by atoms with van der Waals surface area (Å²) in [5.41, 5.74) is 1.64. The Labute approximate surface area is 189 Å². The van der Waals surface area contributed by atoms with E-state index in [0.717, 1.165) is 62.9 Å². The Bertz CT molecular complexity index is 901. The van der Waals surface area contributed by atoms with Gasteiger partial charge in [-0.3, -0.25) is 4.90 Å². The molecule has 4 aliphatic rings. The van der Waals surface area contributed by atoms with Crippen molar-refractivity contribution in [2.45, 2.75) is 62.1 Å². The topological polar surface area (TPSA) is 56.3 Å². The maximum Gasteiger partial charge on any atom is 0.409 e. The van der Waals surface area contributed by atoms with Crippen LogP contribution in [0.5, 0.6) is 0 Å². The van der Waals surface area contributed by atoms with Gasteiger partial charge in [-0.05, 0) is 75.4 Å². The lowest BCUT2D eigenvalue weighted by Gasteiger charge is -2.47. The van der Waals surface area contributed by atoms with Crippen molar-refractivity contribution in [2.75, 3.05) is 45.7 Å². The molecule has 3 fully saturated rings. The fraction of sp³-hybridized carbons (Fsp3) is 0.667. The summed E-state index contributed by atoms with van der Waals surface area (Å²) < 4.78 is 19.2. The Morgan fingerprint density at radius 1 is 1.09 bits per heavy atom. The molecule has 5 rings (SSSR count). The fourth-order valence-electron chi connectivity index (χ4n) is 6.65. The van der Waals surface area contributed by atoms with E-state index >= 15 is 0 Å². The summed E-state index contributed by atoms with van der Waals surface area (Å²) in [5, 5.41) is 0. The third kappa shape index (κ3) is 3.34. The van der Waals surface area contributed by atoms with Crippen molar-refractivity contribution in [3.63, 3.8) is 0 Å². The van der Waals surface area contributed by atoms with Crippen LogP contribution in [0.3, 0.4) is 0 Å². The number of anilines is 1. The summed E-state index contributed by atoms with van der Waals surface area (Å²) in [5.74, 6) is -0.239. The second kappa shape index (κ2) is 7.90. The first-order valence-corrected chi connectivity index (χ1v) is 11.7. The number of methoxy groups -OCH3 is 1. The molecule has 4 heterocycles. The minimum atomic E-state index is -0.239. The zero-order valence-corrected chi connectivity index (χ0v) is 19.2. The van der Waals surface area contributed by atoms with Gasteiger partial charge >= 0.3 is 12.1 Å². The zero-order valence-electron chi connectivity index (χ0n) is 19.2. The first kappa shape index (κ1) is 21.5. The van der Waals surface area contributed by atoms with E-state index in [4.69, 9.17) is 4.74 Å². The van der Waals surface area contributed by atoms with Crippen molar-refractivity contribution in [1.29, 1.82) is 0 Å². The van der Waals surface area contributed by atoms with Crippen LogP contribution >= 0.6 is 0 Å². The number of hydrogen-bond acceptors (Lipinski definition) is 4. The van der Waals surface area contributed by atoms with Gasteiger partial charge in [-0.25, -0.2) is 14.0 Å². The van der Waals surface area contributed by atoms with Crippen LogP contribution in [0.25, 0.3) is 0 Å². The molecule has 1 aromatic rings. The smallest absolute Gasteiger partial charge is 0.409 e. The summed E-state index contributed by atoms with van der Waals surface area (Å²) >= 11 is 0. The molecular formula is C24H33FN4O3. The van der Waals surface area contributed by atoms with Gasteiger partial charge in [0.2, 0.25) is 0 Å².